The Morgan fingerprint density at radius 3 is 2.78 bits per heavy atom. The molecule has 1 aromatic rings. The number of para-hydroxylation sites is 2. The molecule has 5 heteroatoms. The Morgan fingerprint density at radius 1 is 1.44 bits per heavy atom. The summed E-state index contributed by atoms with van der Waals surface area (Å²) < 4.78 is 0. The van der Waals surface area contributed by atoms with Gasteiger partial charge >= 0.3 is 5.97 Å². The maximum absolute atomic E-state index is 10.9. The van der Waals surface area contributed by atoms with E-state index >= 15 is 0 Å². The van der Waals surface area contributed by atoms with E-state index in [4.69, 9.17) is 10.8 Å². The number of carboxylic acids is 1. The van der Waals surface area contributed by atoms with Crippen LogP contribution in [0.25, 0.3) is 0 Å². The molecule has 0 heterocycles. The van der Waals surface area contributed by atoms with Crippen LogP contribution in [0.2, 0.25) is 0 Å². The van der Waals surface area contributed by atoms with Crippen LogP contribution in [-0.2, 0) is 4.79 Å². The van der Waals surface area contributed by atoms with E-state index in [1.165, 1.54) is 0 Å². The van der Waals surface area contributed by atoms with Crippen molar-refractivity contribution in [2.45, 2.75) is 13.3 Å². The highest BCUT2D eigenvalue weighted by Crippen LogP contribution is 2.22. The number of hydrogen-bond donors (Lipinski definition) is 2. The third kappa shape index (κ3) is 4.87. The molecule has 0 fully saturated rings. The summed E-state index contributed by atoms with van der Waals surface area (Å²) in [4.78, 5) is 12.7. The second-order valence-corrected chi connectivity index (χ2v) is 5.32. The van der Waals surface area contributed by atoms with Crippen molar-refractivity contribution >= 4 is 29.1 Å². The fourth-order valence-corrected chi connectivity index (χ4v) is 2.35. The second kappa shape index (κ2) is 7.87. The highest BCUT2D eigenvalue weighted by atomic mass is 32.2. The average molecular weight is 268 g/mol. The van der Waals surface area contributed by atoms with Crippen LogP contribution in [-0.4, -0.2) is 35.7 Å². The number of rotatable bonds is 8. The lowest BCUT2D eigenvalue weighted by atomic mass is 10.2. The minimum Gasteiger partial charge on any atom is -0.480 e. The fraction of sp³-hybridized carbons (Fsp3) is 0.462. The summed E-state index contributed by atoms with van der Waals surface area (Å²) >= 11 is 1.86. The van der Waals surface area contributed by atoms with E-state index in [-0.39, 0.29) is 6.54 Å². The quantitative estimate of drug-likeness (QED) is 0.559. The summed E-state index contributed by atoms with van der Waals surface area (Å²) in [5.74, 6) is 1.30. The van der Waals surface area contributed by atoms with E-state index < -0.39 is 5.97 Å². The van der Waals surface area contributed by atoms with Gasteiger partial charge in [-0.2, -0.15) is 11.8 Å². The maximum atomic E-state index is 10.9. The molecule has 0 saturated heterocycles. The smallest absolute Gasteiger partial charge is 0.323 e. The molecule has 0 radical (unpaired) electrons. The minimum atomic E-state index is -0.832. The van der Waals surface area contributed by atoms with Gasteiger partial charge in [-0.05, 0) is 30.1 Å². The summed E-state index contributed by atoms with van der Waals surface area (Å²) in [5, 5.41) is 8.95. The zero-order chi connectivity index (χ0) is 13.4. The summed E-state index contributed by atoms with van der Waals surface area (Å²) in [6, 6.07) is 7.39. The molecule has 0 bridgehead atoms. The van der Waals surface area contributed by atoms with E-state index in [0.29, 0.717) is 12.2 Å². The van der Waals surface area contributed by atoms with Gasteiger partial charge in [-0.25, -0.2) is 0 Å². The van der Waals surface area contributed by atoms with Crippen LogP contribution >= 0.6 is 11.8 Å². The largest absolute Gasteiger partial charge is 0.480 e. The van der Waals surface area contributed by atoms with E-state index in [9.17, 15) is 4.79 Å². The first kappa shape index (κ1) is 14.7. The molecule has 1 rings (SSSR count). The molecule has 0 aliphatic rings. The molecule has 0 unspecified atom stereocenters. The van der Waals surface area contributed by atoms with Gasteiger partial charge in [0.1, 0.15) is 6.54 Å². The van der Waals surface area contributed by atoms with Crippen molar-refractivity contribution in [2.24, 2.45) is 0 Å². The second-order valence-electron chi connectivity index (χ2n) is 3.92. The van der Waals surface area contributed by atoms with Crippen molar-refractivity contribution in [1.82, 2.24) is 0 Å². The number of aliphatic carboxylic acids is 1. The molecular formula is C13H20N2O2S. The van der Waals surface area contributed by atoms with Gasteiger partial charge in [0.15, 0.2) is 0 Å². The molecule has 0 aliphatic heterocycles. The van der Waals surface area contributed by atoms with E-state index in [1.807, 2.05) is 34.9 Å². The molecule has 18 heavy (non-hydrogen) atoms. The van der Waals surface area contributed by atoms with Crippen molar-refractivity contribution in [3.8, 4) is 0 Å². The van der Waals surface area contributed by atoms with Crippen LogP contribution in [0.1, 0.15) is 13.3 Å². The van der Waals surface area contributed by atoms with Crippen LogP contribution in [0.5, 0.6) is 0 Å². The normalized spacial score (nSPS) is 10.3. The van der Waals surface area contributed by atoms with Crippen LogP contribution in [0.15, 0.2) is 24.3 Å². The molecule has 0 amide bonds. The van der Waals surface area contributed by atoms with Gasteiger partial charge in [0.05, 0.1) is 11.4 Å². The first-order chi connectivity index (χ1) is 8.65. The van der Waals surface area contributed by atoms with Crippen molar-refractivity contribution < 1.29 is 9.90 Å². The van der Waals surface area contributed by atoms with E-state index in [2.05, 4.69) is 6.92 Å². The first-order valence-electron chi connectivity index (χ1n) is 6.04. The Bertz CT molecular complexity index is 385. The highest BCUT2D eigenvalue weighted by molar-refractivity contribution is 7.99. The van der Waals surface area contributed by atoms with Gasteiger partial charge in [0.25, 0.3) is 0 Å². The van der Waals surface area contributed by atoms with Crippen molar-refractivity contribution in [2.75, 3.05) is 35.2 Å². The topological polar surface area (TPSA) is 66.6 Å². The molecule has 0 atom stereocenters. The molecule has 4 nitrogen and oxygen atoms in total. The van der Waals surface area contributed by atoms with Gasteiger partial charge in [0.2, 0.25) is 0 Å². The summed E-state index contributed by atoms with van der Waals surface area (Å²) in [6.07, 6.45) is 0.958. The van der Waals surface area contributed by atoms with Gasteiger partial charge in [-0.15, -0.1) is 0 Å². The molecular weight excluding hydrogens is 248 g/mol. The zero-order valence-electron chi connectivity index (χ0n) is 10.6. The van der Waals surface area contributed by atoms with Crippen molar-refractivity contribution in [3.05, 3.63) is 24.3 Å². The van der Waals surface area contributed by atoms with Crippen LogP contribution in [0.4, 0.5) is 11.4 Å². The van der Waals surface area contributed by atoms with Crippen molar-refractivity contribution in [3.63, 3.8) is 0 Å². The Hall–Kier alpha value is -1.36. The lowest BCUT2D eigenvalue weighted by Gasteiger charge is -2.24. The minimum absolute atomic E-state index is 0.00892. The van der Waals surface area contributed by atoms with Gasteiger partial charge in [-0.3, -0.25) is 4.79 Å². The molecule has 0 aromatic heterocycles. The third-order valence-corrected chi connectivity index (χ3v) is 3.51. The summed E-state index contributed by atoms with van der Waals surface area (Å²) in [6.45, 7) is 2.83. The SMILES string of the molecule is CCSCCCN(CC(=O)O)c1ccccc1N. The molecule has 0 spiro atoms. The Balaban J connectivity index is 2.66. The number of thioether (sulfide) groups is 1. The lowest BCUT2D eigenvalue weighted by Crippen LogP contribution is -2.31. The number of hydrogen-bond acceptors (Lipinski definition) is 4. The Morgan fingerprint density at radius 2 is 2.17 bits per heavy atom. The average Bonchev–Trinajstić information content (AvgIpc) is 2.33. The molecule has 3 N–H and O–H groups in total. The predicted octanol–water partition coefficient (Wildman–Crippen LogP) is 2.30. The third-order valence-electron chi connectivity index (χ3n) is 2.52. The van der Waals surface area contributed by atoms with Crippen LogP contribution < -0.4 is 10.6 Å². The molecule has 0 aliphatic carbocycles. The standard InChI is InChI=1S/C13H20N2O2S/c1-2-18-9-5-8-15(10-13(16)17)12-7-4-3-6-11(12)14/h3-4,6-7H,2,5,8-10,14H2,1H3,(H,16,17). The monoisotopic (exact) mass is 268 g/mol. The van der Waals surface area contributed by atoms with Crippen LogP contribution in [0, 0.1) is 0 Å². The van der Waals surface area contributed by atoms with E-state index in [1.54, 1.807) is 6.07 Å². The van der Waals surface area contributed by atoms with Gasteiger partial charge < -0.3 is 15.7 Å². The van der Waals surface area contributed by atoms with E-state index in [0.717, 1.165) is 23.6 Å². The highest BCUT2D eigenvalue weighted by Gasteiger charge is 2.12. The zero-order valence-corrected chi connectivity index (χ0v) is 11.4. The Kier molecular flexibility index (Phi) is 6.43. The Labute approximate surface area is 112 Å². The molecule has 100 valence electrons. The number of anilines is 2. The lowest BCUT2D eigenvalue weighted by molar-refractivity contribution is -0.135. The summed E-state index contributed by atoms with van der Waals surface area (Å²) in [5.41, 5.74) is 7.32. The number of carbonyl (C=O) groups is 1. The number of nitrogens with zero attached hydrogens (tertiary/aromatic N) is 1. The molecule has 1 aromatic carbocycles. The molecule has 0 saturated carbocycles. The predicted molar refractivity (Wildman–Crippen MR) is 78.3 cm³/mol. The van der Waals surface area contributed by atoms with Gasteiger partial charge in [-0.1, -0.05) is 19.1 Å². The summed E-state index contributed by atoms with van der Waals surface area (Å²) in [7, 11) is 0. The first-order valence-corrected chi connectivity index (χ1v) is 7.19. The number of nitrogens with two attached hydrogens (primary N) is 1. The maximum Gasteiger partial charge on any atom is 0.323 e. The van der Waals surface area contributed by atoms with Crippen molar-refractivity contribution in [1.29, 1.82) is 0 Å². The number of benzene rings is 1. The van der Waals surface area contributed by atoms with Crippen LogP contribution in [0.3, 0.4) is 0 Å². The number of carboxylic acid groups (broad SMARTS) is 1. The number of nitrogen functional groups attached to an aromatic ring is 1. The fourth-order valence-electron chi connectivity index (χ4n) is 1.73. The van der Waals surface area contributed by atoms with Gasteiger partial charge in [0, 0.05) is 6.54 Å².